The number of halogens is 1. The number of aromatic hydroxyl groups is 1. The zero-order valence-electron chi connectivity index (χ0n) is 9.66. The van der Waals surface area contributed by atoms with Gasteiger partial charge in [-0.25, -0.2) is 0 Å². The first kappa shape index (κ1) is 13.7. The Labute approximate surface area is 108 Å². The minimum absolute atomic E-state index is 0.0483. The summed E-state index contributed by atoms with van der Waals surface area (Å²) in [5.41, 5.74) is 0.148. The molecule has 1 rings (SSSR count). The fourth-order valence-electron chi connectivity index (χ4n) is 1.35. The van der Waals surface area contributed by atoms with Crippen LogP contribution in [0.3, 0.4) is 0 Å². The molecule has 1 amide bonds. The van der Waals surface area contributed by atoms with Crippen molar-refractivity contribution in [3.05, 3.63) is 28.2 Å². The number of rotatable bonds is 4. The highest BCUT2D eigenvalue weighted by molar-refractivity contribution is 9.10. The number of Topliss-reactive ketones (excluding diaryl/α,β-unsaturated/α-hetero) is 1. The Bertz CT molecular complexity index is 445. The van der Waals surface area contributed by atoms with Gasteiger partial charge in [-0.3, -0.25) is 9.59 Å². The lowest BCUT2D eigenvalue weighted by Gasteiger charge is -2.12. The summed E-state index contributed by atoms with van der Waals surface area (Å²) in [6, 6.07) is 4.01. The molecule has 92 valence electrons. The molecule has 17 heavy (non-hydrogen) atoms. The van der Waals surface area contributed by atoms with Crippen molar-refractivity contribution >= 4 is 27.6 Å². The molecular weight excluding hydrogens is 286 g/mol. The maximum absolute atomic E-state index is 11.8. The molecule has 0 saturated carbocycles. The average Bonchev–Trinajstić information content (AvgIpc) is 2.30. The lowest BCUT2D eigenvalue weighted by molar-refractivity contribution is -0.120. The standard InChI is InChI=1S/C12H14BrNO3/c1-3-10(15)7(2)14-12(17)9-6-8(13)4-5-11(9)16/h4-7,16H,3H2,1-2H3,(H,14,17). The third-order valence-electron chi connectivity index (χ3n) is 2.38. The van der Waals surface area contributed by atoms with Gasteiger partial charge < -0.3 is 10.4 Å². The highest BCUT2D eigenvalue weighted by Crippen LogP contribution is 2.21. The van der Waals surface area contributed by atoms with Crippen LogP contribution in [0.15, 0.2) is 22.7 Å². The molecule has 0 fully saturated rings. The van der Waals surface area contributed by atoms with Crippen LogP contribution in [0.1, 0.15) is 30.6 Å². The van der Waals surface area contributed by atoms with E-state index in [1.807, 2.05) is 0 Å². The van der Waals surface area contributed by atoms with Gasteiger partial charge in [0.2, 0.25) is 0 Å². The van der Waals surface area contributed by atoms with Crippen LogP contribution in [0.25, 0.3) is 0 Å². The fraction of sp³-hybridized carbons (Fsp3) is 0.333. The van der Waals surface area contributed by atoms with Crippen molar-refractivity contribution in [2.75, 3.05) is 0 Å². The van der Waals surface area contributed by atoms with Crippen LogP contribution in [0, 0.1) is 0 Å². The van der Waals surface area contributed by atoms with Gasteiger partial charge >= 0.3 is 0 Å². The maximum atomic E-state index is 11.8. The normalized spacial score (nSPS) is 11.9. The van der Waals surface area contributed by atoms with Crippen molar-refractivity contribution in [1.29, 1.82) is 0 Å². The van der Waals surface area contributed by atoms with Crippen LogP contribution in [-0.4, -0.2) is 22.8 Å². The summed E-state index contributed by atoms with van der Waals surface area (Å²) in [6.07, 6.45) is 0.367. The summed E-state index contributed by atoms with van der Waals surface area (Å²) >= 11 is 3.22. The second kappa shape index (κ2) is 5.82. The van der Waals surface area contributed by atoms with Gasteiger partial charge in [-0.1, -0.05) is 22.9 Å². The highest BCUT2D eigenvalue weighted by Gasteiger charge is 2.17. The minimum atomic E-state index is -0.550. The molecule has 0 bridgehead atoms. The van der Waals surface area contributed by atoms with Crippen LogP contribution < -0.4 is 5.32 Å². The summed E-state index contributed by atoms with van der Waals surface area (Å²) in [5, 5.41) is 12.1. The number of amides is 1. The summed E-state index contributed by atoms with van der Waals surface area (Å²) in [7, 11) is 0. The van der Waals surface area contributed by atoms with Crippen LogP contribution >= 0.6 is 15.9 Å². The SMILES string of the molecule is CCC(=O)C(C)NC(=O)c1cc(Br)ccc1O. The van der Waals surface area contributed by atoms with Crippen LogP contribution in [0.2, 0.25) is 0 Å². The Morgan fingerprint density at radius 3 is 2.71 bits per heavy atom. The lowest BCUT2D eigenvalue weighted by Crippen LogP contribution is -2.38. The van der Waals surface area contributed by atoms with E-state index >= 15 is 0 Å². The molecule has 0 heterocycles. The summed E-state index contributed by atoms with van der Waals surface area (Å²) < 4.78 is 0.690. The van der Waals surface area contributed by atoms with Gasteiger partial charge in [0.25, 0.3) is 5.91 Å². The second-order valence-electron chi connectivity index (χ2n) is 3.68. The number of phenolic OH excluding ortho intramolecular Hbond substituents is 1. The highest BCUT2D eigenvalue weighted by atomic mass is 79.9. The van der Waals surface area contributed by atoms with E-state index in [1.54, 1.807) is 19.9 Å². The number of carbonyl (C=O) groups excluding carboxylic acids is 2. The number of hydrogen-bond acceptors (Lipinski definition) is 3. The van der Waals surface area contributed by atoms with E-state index in [-0.39, 0.29) is 17.1 Å². The molecule has 0 aliphatic rings. The molecule has 1 aromatic rings. The smallest absolute Gasteiger partial charge is 0.255 e. The first-order valence-electron chi connectivity index (χ1n) is 5.27. The number of ketones is 1. The van der Waals surface area contributed by atoms with E-state index in [9.17, 15) is 14.7 Å². The van der Waals surface area contributed by atoms with Crippen LogP contribution in [-0.2, 0) is 4.79 Å². The predicted molar refractivity (Wildman–Crippen MR) is 68.0 cm³/mol. The quantitative estimate of drug-likeness (QED) is 0.896. The van der Waals surface area contributed by atoms with Gasteiger partial charge in [-0.2, -0.15) is 0 Å². The lowest BCUT2D eigenvalue weighted by atomic mass is 10.1. The predicted octanol–water partition coefficient (Wildman–Crippen LogP) is 2.25. The van der Waals surface area contributed by atoms with E-state index < -0.39 is 11.9 Å². The average molecular weight is 300 g/mol. The molecule has 0 saturated heterocycles. The second-order valence-corrected chi connectivity index (χ2v) is 4.59. The summed E-state index contributed by atoms with van der Waals surface area (Å²) in [4.78, 5) is 23.1. The third-order valence-corrected chi connectivity index (χ3v) is 2.88. The first-order valence-corrected chi connectivity index (χ1v) is 6.07. The number of nitrogens with one attached hydrogen (secondary N) is 1. The van der Waals surface area contributed by atoms with Gasteiger partial charge in [0.15, 0.2) is 5.78 Å². The van der Waals surface area contributed by atoms with Crippen molar-refractivity contribution < 1.29 is 14.7 Å². The van der Waals surface area contributed by atoms with Gasteiger partial charge in [-0.15, -0.1) is 0 Å². The van der Waals surface area contributed by atoms with Gasteiger partial charge in [0, 0.05) is 10.9 Å². The van der Waals surface area contributed by atoms with Crippen molar-refractivity contribution in [2.45, 2.75) is 26.3 Å². The molecule has 1 atom stereocenters. The number of phenols is 1. The van der Waals surface area contributed by atoms with E-state index in [2.05, 4.69) is 21.2 Å². The molecule has 2 N–H and O–H groups in total. The van der Waals surface area contributed by atoms with E-state index in [0.717, 1.165) is 0 Å². The van der Waals surface area contributed by atoms with E-state index in [0.29, 0.717) is 10.9 Å². The Hall–Kier alpha value is -1.36. The molecule has 1 unspecified atom stereocenters. The minimum Gasteiger partial charge on any atom is -0.507 e. The topological polar surface area (TPSA) is 66.4 Å². The van der Waals surface area contributed by atoms with Crippen molar-refractivity contribution in [3.63, 3.8) is 0 Å². The van der Waals surface area contributed by atoms with E-state index in [1.165, 1.54) is 12.1 Å². The Morgan fingerprint density at radius 1 is 1.47 bits per heavy atom. The first-order chi connectivity index (χ1) is 7.95. The molecule has 0 aromatic heterocycles. The molecule has 4 nitrogen and oxygen atoms in total. The number of benzene rings is 1. The molecule has 0 radical (unpaired) electrons. The van der Waals surface area contributed by atoms with Crippen LogP contribution in [0.5, 0.6) is 5.75 Å². The Balaban J connectivity index is 2.83. The molecule has 0 aliphatic carbocycles. The molecule has 0 aliphatic heterocycles. The number of hydrogen-bond donors (Lipinski definition) is 2. The summed E-state index contributed by atoms with van der Waals surface area (Å²) in [6.45, 7) is 3.36. The maximum Gasteiger partial charge on any atom is 0.255 e. The molecule has 0 spiro atoms. The molecule has 5 heteroatoms. The molecular formula is C12H14BrNO3. The van der Waals surface area contributed by atoms with Crippen molar-refractivity contribution in [1.82, 2.24) is 5.32 Å². The largest absolute Gasteiger partial charge is 0.507 e. The summed E-state index contributed by atoms with van der Waals surface area (Å²) in [5.74, 6) is -0.618. The Morgan fingerprint density at radius 2 is 2.12 bits per heavy atom. The van der Waals surface area contributed by atoms with E-state index in [4.69, 9.17) is 0 Å². The van der Waals surface area contributed by atoms with Gasteiger partial charge in [0.1, 0.15) is 5.75 Å². The zero-order valence-corrected chi connectivity index (χ0v) is 11.2. The number of carbonyl (C=O) groups is 2. The third kappa shape index (κ3) is 3.56. The van der Waals surface area contributed by atoms with Gasteiger partial charge in [0.05, 0.1) is 11.6 Å². The Kier molecular flexibility index (Phi) is 4.69. The van der Waals surface area contributed by atoms with Crippen molar-refractivity contribution in [3.8, 4) is 5.75 Å². The molecule has 1 aromatic carbocycles. The van der Waals surface area contributed by atoms with Crippen LogP contribution in [0.4, 0.5) is 0 Å². The van der Waals surface area contributed by atoms with Crippen molar-refractivity contribution in [2.24, 2.45) is 0 Å². The monoisotopic (exact) mass is 299 g/mol. The fourth-order valence-corrected chi connectivity index (χ4v) is 1.71. The zero-order chi connectivity index (χ0) is 13.0. The van der Waals surface area contributed by atoms with Gasteiger partial charge in [-0.05, 0) is 25.1 Å².